The molecule has 0 aliphatic heterocycles. The van der Waals surface area contributed by atoms with Gasteiger partial charge in [-0.05, 0) is 40.6 Å². The van der Waals surface area contributed by atoms with Gasteiger partial charge in [0.1, 0.15) is 33.4 Å². The number of hydrogen-bond acceptors (Lipinski definition) is 8. The molecule has 10 heteroatoms. The summed E-state index contributed by atoms with van der Waals surface area (Å²) in [6, 6.07) is 20.3. The van der Waals surface area contributed by atoms with Gasteiger partial charge in [-0.1, -0.05) is 55.5 Å². The van der Waals surface area contributed by atoms with Crippen LogP contribution >= 0.6 is 11.3 Å². The smallest absolute Gasteiger partial charge is 0.348 e. The molecule has 196 valence electrons. The number of ether oxygens (including phenoxy) is 2. The quantitative estimate of drug-likeness (QED) is 0.247. The number of imidazole rings is 1. The summed E-state index contributed by atoms with van der Waals surface area (Å²) < 4.78 is 13.4. The first-order valence-electron chi connectivity index (χ1n) is 12.6. The highest BCUT2D eigenvalue weighted by atomic mass is 32.1. The number of esters is 1. The summed E-state index contributed by atoms with van der Waals surface area (Å²) in [5.41, 5.74) is 4.73. The van der Waals surface area contributed by atoms with Crippen LogP contribution in [0.3, 0.4) is 0 Å². The minimum Gasteiger partial charge on any atom is -0.489 e. The lowest BCUT2D eigenvalue weighted by Crippen LogP contribution is -2.05. The fourth-order valence-electron chi connectivity index (χ4n) is 4.84. The predicted molar refractivity (Wildman–Crippen MR) is 150 cm³/mol. The number of aromatic nitrogens is 6. The number of carbonyl (C=O) groups is 1. The summed E-state index contributed by atoms with van der Waals surface area (Å²) in [6.07, 6.45) is 0.795. The third-order valence-electron chi connectivity index (χ3n) is 6.86. The number of nitrogens with one attached hydrogen (secondary N) is 1. The number of rotatable bonds is 8. The minimum absolute atomic E-state index is 0.324. The Balaban J connectivity index is 1.25. The van der Waals surface area contributed by atoms with Crippen LogP contribution in [0.2, 0.25) is 0 Å². The molecule has 0 saturated heterocycles. The summed E-state index contributed by atoms with van der Waals surface area (Å²) in [6.45, 7) is 5.02. The molecule has 0 aliphatic carbocycles. The maximum absolute atomic E-state index is 12.2. The number of tetrazole rings is 1. The molecule has 3 aromatic carbocycles. The van der Waals surface area contributed by atoms with Crippen LogP contribution in [-0.2, 0) is 24.3 Å². The number of fused-ring (bicyclic) bond motifs is 2. The van der Waals surface area contributed by atoms with Gasteiger partial charge in [0, 0.05) is 23.1 Å². The average Bonchev–Trinajstić information content (AvgIpc) is 3.70. The van der Waals surface area contributed by atoms with Crippen LogP contribution < -0.4 is 4.74 Å². The molecular formula is C29H26N6O3S. The Bertz CT molecular complexity index is 1790. The van der Waals surface area contributed by atoms with E-state index in [2.05, 4.69) is 62.4 Å². The second-order valence-electron chi connectivity index (χ2n) is 9.15. The van der Waals surface area contributed by atoms with E-state index in [4.69, 9.17) is 14.5 Å². The summed E-state index contributed by atoms with van der Waals surface area (Å²) >= 11 is 1.43. The number of benzene rings is 3. The maximum Gasteiger partial charge on any atom is 0.348 e. The van der Waals surface area contributed by atoms with Crippen molar-refractivity contribution >= 4 is 38.4 Å². The van der Waals surface area contributed by atoms with Gasteiger partial charge in [-0.25, -0.2) is 9.78 Å². The number of methoxy groups -OCH3 is 1. The van der Waals surface area contributed by atoms with Crippen LogP contribution in [0.1, 0.15) is 39.1 Å². The molecule has 0 amide bonds. The van der Waals surface area contributed by atoms with E-state index in [0.29, 0.717) is 23.9 Å². The molecule has 39 heavy (non-hydrogen) atoms. The largest absolute Gasteiger partial charge is 0.489 e. The van der Waals surface area contributed by atoms with Gasteiger partial charge in [0.2, 0.25) is 5.82 Å². The van der Waals surface area contributed by atoms with Crippen LogP contribution in [0.4, 0.5) is 0 Å². The van der Waals surface area contributed by atoms with Crippen molar-refractivity contribution in [2.24, 2.45) is 0 Å². The van der Waals surface area contributed by atoms with Crippen molar-refractivity contribution in [1.82, 2.24) is 30.2 Å². The summed E-state index contributed by atoms with van der Waals surface area (Å²) in [5.74, 6) is 1.96. The number of carbonyl (C=O) groups excluding carboxylic acids is 1. The van der Waals surface area contributed by atoms with E-state index in [0.717, 1.165) is 61.4 Å². The van der Waals surface area contributed by atoms with E-state index in [1.807, 2.05) is 37.3 Å². The number of thiophene rings is 1. The lowest BCUT2D eigenvalue weighted by molar-refractivity contribution is 0.0605. The third-order valence-corrected chi connectivity index (χ3v) is 8.14. The zero-order valence-electron chi connectivity index (χ0n) is 21.8. The Morgan fingerprint density at radius 2 is 1.90 bits per heavy atom. The van der Waals surface area contributed by atoms with Gasteiger partial charge in [0.05, 0.1) is 13.7 Å². The van der Waals surface area contributed by atoms with E-state index in [9.17, 15) is 4.79 Å². The van der Waals surface area contributed by atoms with Crippen LogP contribution in [0, 0.1) is 6.92 Å². The van der Waals surface area contributed by atoms with Crippen molar-refractivity contribution in [3.8, 4) is 17.1 Å². The maximum atomic E-state index is 12.2. The monoisotopic (exact) mass is 538 g/mol. The number of hydrogen-bond donors (Lipinski definition) is 1. The molecule has 3 heterocycles. The first-order chi connectivity index (χ1) is 19.1. The normalized spacial score (nSPS) is 11.4. The zero-order valence-corrected chi connectivity index (χ0v) is 22.6. The fourth-order valence-corrected chi connectivity index (χ4v) is 6.02. The van der Waals surface area contributed by atoms with Gasteiger partial charge >= 0.3 is 5.97 Å². The van der Waals surface area contributed by atoms with Gasteiger partial charge in [-0.2, -0.15) is 5.21 Å². The highest BCUT2D eigenvalue weighted by Gasteiger charge is 2.22. The molecule has 0 radical (unpaired) electrons. The van der Waals surface area contributed by atoms with E-state index >= 15 is 0 Å². The predicted octanol–water partition coefficient (Wildman–Crippen LogP) is 5.72. The highest BCUT2D eigenvalue weighted by Crippen LogP contribution is 2.33. The van der Waals surface area contributed by atoms with E-state index in [1.165, 1.54) is 18.4 Å². The second-order valence-corrected chi connectivity index (χ2v) is 10.1. The molecule has 6 rings (SSSR count). The average molecular weight is 539 g/mol. The molecule has 0 saturated carbocycles. The number of aryl methyl sites for hydroxylation is 2. The van der Waals surface area contributed by atoms with Crippen LogP contribution in [-0.4, -0.2) is 43.3 Å². The molecule has 0 atom stereocenters. The number of aromatic amines is 1. The molecule has 0 unspecified atom stereocenters. The topological polar surface area (TPSA) is 108 Å². The van der Waals surface area contributed by atoms with Crippen molar-refractivity contribution in [3.63, 3.8) is 0 Å². The van der Waals surface area contributed by atoms with Crippen molar-refractivity contribution in [3.05, 3.63) is 88.1 Å². The molecule has 9 nitrogen and oxygen atoms in total. The summed E-state index contributed by atoms with van der Waals surface area (Å²) in [4.78, 5) is 18.6. The first-order valence-corrected chi connectivity index (χ1v) is 13.4. The van der Waals surface area contributed by atoms with Gasteiger partial charge in [0.25, 0.3) is 0 Å². The zero-order chi connectivity index (χ0) is 26.9. The molecule has 0 aliphatic rings. The summed E-state index contributed by atoms with van der Waals surface area (Å²) in [5, 5.41) is 16.8. The van der Waals surface area contributed by atoms with Gasteiger partial charge in [-0.15, -0.1) is 21.5 Å². The lowest BCUT2D eigenvalue weighted by Gasteiger charge is -2.13. The van der Waals surface area contributed by atoms with E-state index < -0.39 is 0 Å². The molecule has 0 bridgehead atoms. The molecule has 0 spiro atoms. The molecule has 0 fully saturated rings. The Morgan fingerprint density at radius 3 is 2.64 bits per heavy atom. The second kappa shape index (κ2) is 10.3. The molecule has 3 aromatic heterocycles. The van der Waals surface area contributed by atoms with Gasteiger partial charge in [-0.3, -0.25) is 0 Å². The van der Waals surface area contributed by atoms with Crippen LogP contribution in [0.25, 0.3) is 32.5 Å². The number of nitrogens with zero attached hydrogens (tertiary/aromatic N) is 5. The standard InChI is InChI=1S/C29H26N6O3S/c1-4-24-30-25-17(2)26(29(36)37-3)39-28(25)35(24)15-18-9-12-20(13-10-18)38-16-23-21-8-6-5-7-19(21)11-14-22(23)27-31-33-34-32-27/h5-14H,4,15-16H2,1-3H3,(H,31,32,33,34). The number of H-pyrrole nitrogens is 1. The molecular weight excluding hydrogens is 512 g/mol. The Hall–Kier alpha value is -4.57. The van der Waals surface area contributed by atoms with Gasteiger partial charge in [0.15, 0.2) is 0 Å². The fraction of sp³-hybridized carbons (Fsp3) is 0.207. The Morgan fingerprint density at radius 1 is 1.08 bits per heavy atom. The third kappa shape index (κ3) is 4.52. The van der Waals surface area contributed by atoms with Crippen molar-refractivity contribution < 1.29 is 14.3 Å². The van der Waals surface area contributed by atoms with Gasteiger partial charge < -0.3 is 14.0 Å². The van der Waals surface area contributed by atoms with E-state index in [1.54, 1.807) is 0 Å². The molecule has 6 aromatic rings. The summed E-state index contributed by atoms with van der Waals surface area (Å²) in [7, 11) is 1.40. The highest BCUT2D eigenvalue weighted by molar-refractivity contribution is 7.20. The van der Waals surface area contributed by atoms with Crippen LogP contribution in [0.15, 0.2) is 60.7 Å². The SMILES string of the molecule is CCc1nc2c(C)c(C(=O)OC)sc2n1Cc1ccc(OCc2c(-c3nn[nH]n3)ccc3ccccc23)cc1. The Kier molecular flexibility index (Phi) is 6.54. The Labute approximate surface area is 228 Å². The van der Waals surface area contributed by atoms with E-state index in [-0.39, 0.29) is 5.97 Å². The molecule has 1 N–H and O–H groups in total. The minimum atomic E-state index is -0.324. The van der Waals surface area contributed by atoms with Crippen molar-refractivity contribution in [2.45, 2.75) is 33.4 Å². The van der Waals surface area contributed by atoms with Crippen molar-refractivity contribution in [1.29, 1.82) is 0 Å². The van der Waals surface area contributed by atoms with Crippen molar-refractivity contribution in [2.75, 3.05) is 7.11 Å². The van der Waals surface area contributed by atoms with Crippen LogP contribution in [0.5, 0.6) is 5.75 Å². The lowest BCUT2D eigenvalue weighted by atomic mass is 9.99. The first kappa shape index (κ1) is 24.7.